The average Bonchev–Trinajstić information content (AvgIpc) is 2.38. The average molecular weight is 287 g/mol. The fourth-order valence-corrected chi connectivity index (χ4v) is 1.94. The summed E-state index contributed by atoms with van der Waals surface area (Å²) in [5.41, 5.74) is 0.391. The maximum atomic E-state index is 13.6. The molecule has 1 aromatic carbocycles. The first kappa shape index (κ1) is 15.9. The van der Waals surface area contributed by atoms with Crippen LogP contribution in [0.4, 0.5) is 4.39 Å². The summed E-state index contributed by atoms with van der Waals surface area (Å²) in [5.74, 6) is -0.626. The van der Waals surface area contributed by atoms with Gasteiger partial charge in [0.1, 0.15) is 5.82 Å². The maximum absolute atomic E-state index is 13.6. The lowest BCUT2D eigenvalue weighted by Crippen LogP contribution is -2.37. The highest BCUT2D eigenvalue weighted by Gasteiger charge is 2.08. The van der Waals surface area contributed by atoms with Crippen LogP contribution in [0.3, 0.4) is 0 Å². The molecule has 2 N–H and O–H groups in total. The topological polar surface area (TPSA) is 41.1 Å². The first-order valence-corrected chi connectivity index (χ1v) is 6.85. The van der Waals surface area contributed by atoms with Gasteiger partial charge < -0.3 is 10.6 Å². The van der Waals surface area contributed by atoms with Gasteiger partial charge in [-0.25, -0.2) is 4.39 Å². The van der Waals surface area contributed by atoms with E-state index >= 15 is 0 Å². The highest BCUT2D eigenvalue weighted by molar-refractivity contribution is 6.30. The van der Waals surface area contributed by atoms with Crippen molar-refractivity contribution in [2.24, 2.45) is 0 Å². The molecule has 0 radical (unpaired) electrons. The molecule has 1 aromatic rings. The van der Waals surface area contributed by atoms with Crippen molar-refractivity contribution in [1.82, 2.24) is 10.6 Å². The molecule has 0 fully saturated rings. The van der Waals surface area contributed by atoms with Crippen LogP contribution in [0.1, 0.15) is 32.3 Å². The Morgan fingerprint density at radius 3 is 2.89 bits per heavy atom. The highest BCUT2D eigenvalue weighted by atomic mass is 35.5. The van der Waals surface area contributed by atoms with E-state index in [1.54, 1.807) is 12.1 Å². The molecule has 3 nitrogen and oxygen atoms in total. The number of carbonyl (C=O) groups is 1. The lowest BCUT2D eigenvalue weighted by atomic mass is 10.2. The number of benzene rings is 1. The molecule has 0 aliphatic rings. The van der Waals surface area contributed by atoms with Gasteiger partial charge in [-0.05, 0) is 19.4 Å². The van der Waals surface area contributed by atoms with Gasteiger partial charge in [-0.3, -0.25) is 4.79 Å². The molecule has 0 aliphatic heterocycles. The molecule has 1 amide bonds. The first-order chi connectivity index (χ1) is 9.04. The molecule has 0 heterocycles. The van der Waals surface area contributed by atoms with Crippen molar-refractivity contribution in [3.05, 3.63) is 34.6 Å². The second-order valence-corrected chi connectivity index (χ2v) is 4.97. The maximum Gasteiger partial charge on any atom is 0.234 e. The Morgan fingerprint density at radius 1 is 1.47 bits per heavy atom. The molecule has 0 spiro atoms. The van der Waals surface area contributed by atoms with Crippen molar-refractivity contribution in [1.29, 1.82) is 0 Å². The molecule has 0 saturated heterocycles. The fourth-order valence-electron chi connectivity index (χ4n) is 1.74. The van der Waals surface area contributed by atoms with Crippen molar-refractivity contribution in [3.8, 4) is 0 Å². The van der Waals surface area contributed by atoms with E-state index in [2.05, 4.69) is 17.6 Å². The van der Waals surface area contributed by atoms with Crippen LogP contribution in [-0.2, 0) is 11.3 Å². The summed E-state index contributed by atoms with van der Waals surface area (Å²) >= 11 is 5.67. The van der Waals surface area contributed by atoms with E-state index in [4.69, 9.17) is 11.6 Å². The molecule has 5 heteroatoms. The third kappa shape index (κ3) is 5.57. The van der Waals surface area contributed by atoms with Crippen LogP contribution in [0.15, 0.2) is 18.2 Å². The van der Waals surface area contributed by atoms with Gasteiger partial charge in [0.2, 0.25) is 5.91 Å². The van der Waals surface area contributed by atoms with E-state index in [0.717, 1.165) is 12.8 Å². The van der Waals surface area contributed by atoms with Crippen LogP contribution in [0, 0.1) is 5.82 Å². The molecule has 1 atom stereocenters. The van der Waals surface area contributed by atoms with Crippen LogP contribution in [0.2, 0.25) is 5.02 Å². The number of nitrogens with one attached hydrogen (secondary N) is 2. The predicted octanol–water partition coefficient (Wildman–Crippen LogP) is 2.87. The molecule has 1 rings (SSSR count). The fraction of sp³-hybridized carbons (Fsp3) is 0.500. The normalized spacial score (nSPS) is 12.2. The van der Waals surface area contributed by atoms with E-state index < -0.39 is 5.82 Å². The summed E-state index contributed by atoms with van der Waals surface area (Å²) in [6.45, 7) is 4.52. The minimum Gasteiger partial charge on any atom is -0.351 e. The zero-order valence-electron chi connectivity index (χ0n) is 11.3. The van der Waals surface area contributed by atoms with Gasteiger partial charge in [-0.1, -0.05) is 37.1 Å². The van der Waals surface area contributed by atoms with Gasteiger partial charge in [0.05, 0.1) is 11.6 Å². The third-order valence-electron chi connectivity index (χ3n) is 2.84. The van der Waals surface area contributed by atoms with Gasteiger partial charge in [0.15, 0.2) is 0 Å². The SMILES string of the molecule is CCCC(C)NCC(=O)NCc1cccc(Cl)c1F. The molecule has 0 bridgehead atoms. The highest BCUT2D eigenvalue weighted by Crippen LogP contribution is 2.17. The lowest BCUT2D eigenvalue weighted by molar-refractivity contribution is -0.120. The number of carbonyl (C=O) groups excluding carboxylic acids is 1. The van der Waals surface area contributed by atoms with Gasteiger partial charge >= 0.3 is 0 Å². The predicted molar refractivity (Wildman–Crippen MR) is 75.6 cm³/mol. The van der Waals surface area contributed by atoms with Crippen molar-refractivity contribution in [2.75, 3.05) is 6.54 Å². The molecule has 0 saturated carbocycles. The van der Waals surface area contributed by atoms with E-state index in [-0.39, 0.29) is 24.0 Å². The van der Waals surface area contributed by atoms with E-state index in [1.165, 1.54) is 6.07 Å². The standard InChI is InChI=1S/C14H20ClFN2O/c1-3-5-10(2)17-9-13(19)18-8-11-6-4-7-12(15)14(11)16/h4,6-7,10,17H,3,5,8-9H2,1-2H3,(H,18,19). The third-order valence-corrected chi connectivity index (χ3v) is 3.13. The van der Waals surface area contributed by atoms with Gasteiger partial charge in [-0.2, -0.15) is 0 Å². The van der Waals surface area contributed by atoms with Crippen LogP contribution in [0.5, 0.6) is 0 Å². The largest absolute Gasteiger partial charge is 0.351 e. The summed E-state index contributed by atoms with van der Waals surface area (Å²) in [6, 6.07) is 5.05. The molecular weight excluding hydrogens is 267 g/mol. The second-order valence-electron chi connectivity index (χ2n) is 4.56. The van der Waals surface area contributed by atoms with Crippen LogP contribution in [0.25, 0.3) is 0 Å². The zero-order valence-corrected chi connectivity index (χ0v) is 12.1. The van der Waals surface area contributed by atoms with Crippen molar-refractivity contribution in [3.63, 3.8) is 0 Å². The monoisotopic (exact) mass is 286 g/mol. The Hall–Kier alpha value is -1.13. The number of amides is 1. The van der Waals surface area contributed by atoms with Crippen molar-refractivity contribution < 1.29 is 9.18 Å². The summed E-state index contributed by atoms with van der Waals surface area (Å²) < 4.78 is 13.6. The molecular formula is C14H20ClFN2O. The van der Waals surface area contributed by atoms with Crippen LogP contribution in [-0.4, -0.2) is 18.5 Å². The van der Waals surface area contributed by atoms with E-state index in [1.807, 2.05) is 6.92 Å². The Morgan fingerprint density at radius 2 is 2.21 bits per heavy atom. The van der Waals surface area contributed by atoms with Gasteiger partial charge in [0.25, 0.3) is 0 Å². The van der Waals surface area contributed by atoms with E-state index in [0.29, 0.717) is 11.6 Å². The number of hydrogen-bond acceptors (Lipinski definition) is 2. The van der Waals surface area contributed by atoms with Crippen molar-refractivity contribution >= 4 is 17.5 Å². The minimum absolute atomic E-state index is 0.0708. The Balaban J connectivity index is 2.36. The summed E-state index contributed by atoms with van der Waals surface area (Å²) in [5, 5.41) is 5.85. The van der Waals surface area contributed by atoms with Gasteiger partial charge in [0, 0.05) is 18.2 Å². The minimum atomic E-state index is -0.475. The quantitative estimate of drug-likeness (QED) is 0.809. The molecule has 0 aliphatic carbocycles. The first-order valence-electron chi connectivity index (χ1n) is 6.47. The Labute approximate surface area is 118 Å². The smallest absolute Gasteiger partial charge is 0.234 e. The number of halogens is 2. The van der Waals surface area contributed by atoms with Crippen LogP contribution >= 0.6 is 11.6 Å². The second kappa shape index (κ2) is 8.12. The zero-order chi connectivity index (χ0) is 14.3. The lowest BCUT2D eigenvalue weighted by Gasteiger charge is -2.12. The molecule has 19 heavy (non-hydrogen) atoms. The van der Waals surface area contributed by atoms with E-state index in [9.17, 15) is 9.18 Å². The molecule has 106 valence electrons. The Kier molecular flexibility index (Phi) is 6.81. The molecule has 1 unspecified atom stereocenters. The summed E-state index contributed by atoms with van der Waals surface area (Å²) in [7, 11) is 0. The Bertz CT molecular complexity index is 426. The number of rotatable bonds is 7. The summed E-state index contributed by atoms with van der Waals surface area (Å²) in [4.78, 5) is 11.6. The van der Waals surface area contributed by atoms with Crippen LogP contribution < -0.4 is 10.6 Å². The van der Waals surface area contributed by atoms with Crippen molar-refractivity contribution in [2.45, 2.75) is 39.3 Å². The number of hydrogen-bond donors (Lipinski definition) is 2. The summed E-state index contributed by atoms with van der Waals surface area (Å²) in [6.07, 6.45) is 2.10. The van der Waals surface area contributed by atoms with Gasteiger partial charge in [-0.15, -0.1) is 0 Å². The molecule has 0 aromatic heterocycles.